The first-order valence-corrected chi connectivity index (χ1v) is 8.38. The van der Waals surface area contributed by atoms with Gasteiger partial charge >= 0.3 is 0 Å². The summed E-state index contributed by atoms with van der Waals surface area (Å²) in [6.45, 7) is 7.84. The molecule has 2 heterocycles. The fourth-order valence-corrected chi connectivity index (χ4v) is 2.93. The topological polar surface area (TPSA) is 46.7 Å². The van der Waals surface area contributed by atoms with Crippen LogP contribution in [0.2, 0.25) is 0 Å². The van der Waals surface area contributed by atoms with Crippen molar-refractivity contribution in [3.8, 4) is 17.2 Å². The van der Waals surface area contributed by atoms with E-state index < -0.39 is 5.82 Å². The molecule has 3 rings (SSSR count). The maximum atomic E-state index is 13.8. The van der Waals surface area contributed by atoms with Gasteiger partial charge < -0.3 is 14.1 Å². The van der Waals surface area contributed by atoms with Crippen LogP contribution in [0.25, 0.3) is 11.5 Å². The average molecular weight is 352 g/mol. The summed E-state index contributed by atoms with van der Waals surface area (Å²) in [6, 6.07) is 4.59. The third-order valence-electron chi connectivity index (χ3n) is 4.25. The second-order valence-electron chi connectivity index (χ2n) is 5.72. The van der Waals surface area contributed by atoms with Gasteiger partial charge in [0.1, 0.15) is 0 Å². The normalized spacial score (nSPS) is 16.5. The Kier molecular flexibility index (Phi) is 5.27. The smallest absolute Gasteiger partial charge is 0.288 e. The van der Waals surface area contributed by atoms with Crippen molar-refractivity contribution in [1.29, 1.82) is 0 Å². The molecule has 1 aliphatic heterocycles. The van der Waals surface area contributed by atoms with Crippen molar-refractivity contribution in [2.45, 2.75) is 13.6 Å². The maximum absolute atomic E-state index is 13.8. The molecular weight excluding hydrogens is 331 g/mol. The predicted molar refractivity (Wildman–Crippen MR) is 91.0 cm³/mol. The average Bonchev–Trinajstić information content (AvgIpc) is 2.96. The molecule has 0 N–H and O–H groups in total. The number of aromatic nitrogens is 2. The van der Waals surface area contributed by atoms with E-state index in [0.29, 0.717) is 23.0 Å². The molecule has 0 bridgehead atoms. The van der Waals surface area contributed by atoms with Crippen molar-refractivity contribution in [1.82, 2.24) is 19.6 Å². The molecule has 24 heavy (non-hydrogen) atoms. The molecule has 1 aromatic carbocycles. The Morgan fingerprint density at radius 3 is 2.58 bits per heavy atom. The summed E-state index contributed by atoms with van der Waals surface area (Å²) in [5.74, 6) is 0.0423. The fourth-order valence-electron chi connectivity index (χ4n) is 2.75. The first-order valence-electron chi connectivity index (χ1n) is 7.97. The summed E-state index contributed by atoms with van der Waals surface area (Å²) < 4.78 is 25.9. The van der Waals surface area contributed by atoms with Crippen LogP contribution in [-0.4, -0.2) is 59.4 Å². The lowest BCUT2D eigenvalue weighted by Gasteiger charge is -2.33. The van der Waals surface area contributed by atoms with Crippen LogP contribution in [0.15, 0.2) is 22.6 Å². The van der Waals surface area contributed by atoms with Crippen LogP contribution >= 0.6 is 12.2 Å². The van der Waals surface area contributed by atoms with E-state index in [1.54, 1.807) is 16.8 Å². The Morgan fingerprint density at radius 1 is 1.25 bits per heavy atom. The summed E-state index contributed by atoms with van der Waals surface area (Å²) in [6.07, 6.45) is 0. The highest BCUT2D eigenvalue weighted by molar-refractivity contribution is 7.71. The van der Waals surface area contributed by atoms with Crippen molar-refractivity contribution in [2.24, 2.45) is 0 Å². The van der Waals surface area contributed by atoms with E-state index in [9.17, 15) is 4.39 Å². The van der Waals surface area contributed by atoms with Crippen LogP contribution in [0, 0.1) is 10.7 Å². The number of rotatable bonds is 5. The van der Waals surface area contributed by atoms with Gasteiger partial charge in [0, 0.05) is 31.7 Å². The molecule has 0 aliphatic carbocycles. The predicted octanol–water partition coefficient (Wildman–Crippen LogP) is 2.62. The second-order valence-corrected chi connectivity index (χ2v) is 6.06. The Labute approximate surface area is 145 Å². The summed E-state index contributed by atoms with van der Waals surface area (Å²) >= 11 is 5.25. The van der Waals surface area contributed by atoms with Crippen molar-refractivity contribution in [2.75, 3.05) is 39.8 Å². The van der Waals surface area contributed by atoms with Crippen LogP contribution in [0.4, 0.5) is 4.39 Å². The molecule has 0 amide bonds. The lowest BCUT2D eigenvalue weighted by molar-refractivity contribution is 0.105. The molecule has 0 atom stereocenters. The number of piperazine rings is 1. The number of hydrogen-bond acceptors (Lipinski definition) is 6. The molecule has 8 heteroatoms. The number of nitrogens with zero attached hydrogens (tertiary/aromatic N) is 4. The van der Waals surface area contributed by atoms with Crippen LogP contribution < -0.4 is 4.74 Å². The van der Waals surface area contributed by atoms with Crippen molar-refractivity contribution in [3.63, 3.8) is 0 Å². The molecule has 1 fully saturated rings. The number of likely N-dealkylation sites (N-methyl/N-ethyl adjacent to an activating group) is 1. The quantitative estimate of drug-likeness (QED) is 0.771. The minimum Gasteiger partial charge on any atom is -0.494 e. The monoisotopic (exact) mass is 352 g/mol. The summed E-state index contributed by atoms with van der Waals surface area (Å²) in [4.78, 5) is 4.98. The first kappa shape index (κ1) is 17.1. The van der Waals surface area contributed by atoms with Gasteiger partial charge in [0.15, 0.2) is 11.6 Å². The van der Waals surface area contributed by atoms with Crippen molar-refractivity contribution >= 4 is 12.2 Å². The minimum absolute atomic E-state index is 0.186. The highest BCUT2D eigenvalue weighted by Crippen LogP contribution is 2.24. The van der Waals surface area contributed by atoms with E-state index in [-0.39, 0.29) is 5.75 Å². The number of methoxy groups -OCH3 is 1. The third kappa shape index (κ3) is 3.66. The Balaban J connectivity index is 1.73. The number of benzene rings is 1. The van der Waals surface area contributed by atoms with E-state index >= 15 is 0 Å². The van der Waals surface area contributed by atoms with E-state index in [1.165, 1.54) is 13.2 Å². The zero-order chi connectivity index (χ0) is 17.1. The number of halogens is 1. The van der Waals surface area contributed by atoms with Gasteiger partial charge in [0.05, 0.1) is 13.8 Å². The van der Waals surface area contributed by atoms with Gasteiger partial charge in [-0.3, -0.25) is 4.90 Å². The standard InChI is InChI=1S/C16H21FN4O2S/c1-3-19-6-8-20(9-7-19)11-21-16(24)23-15(18-21)12-4-5-14(22-2)13(17)10-12/h4-5,10H,3,6-9,11H2,1-2H3. The number of hydrogen-bond donors (Lipinski definition) is 0. The molecule has 130 valence electrons. The number of ether oxygens (including phenoxy) is 1. The largest absolute Gasteiger partial charge is 0.494 e. The summed E-state index contributed by atoms with van der Waals surface area (Å²) in [5.41, 5.74) is 0.536. The Hall–Kier alpha value is -1.77. The SMILES string of the molecule is CCN1CCN(Cn2nc(-c3ccc(OC)c(F)c3)oc2=S)CC1. The van der Waals surface area contributed by atoms with Gasteiger partial charge in [-0.1, -0.05) is 6.92 Å². The van der Waals surface area contributed by atoms with Gasteiger partial charge in [-0.2, -0.15) is 0 Å². The zero-order valence-electron chi connectivity index (χ0n) is 13.9. The lowest BCUT2D eigenvalue weighted by atomic mass is 10.2. The molecule has 6 nitrogen and oxygen atoms in total. The molecular formula is C16H21FN4O2S. The highest BCUT2D eigenvalue weighted by atomic mass is 32.1. The van der Waals surface area contributed by atoms with Gasteiger partial charge in [-0.05, 0) is 37.0 Å². The van der Waals surface area contributed by atoms with E-state index in [1.807, 2.05) is 0 Å². The second kappa shape index (κ2) is 7.42. The van der Waals surface area contributed by atoms with E-state index in [2.05, 4.69) is 21.8 Å². The van der Waals surface area contributed by atoms with Crippen LogP contribution in [0.1, 0.15) is 6.92 Å². The third-order valence-corrected chi connectivity index (χ3v) is 4.55. The zero-order valence-corrected chi connectivity index (χ0v) is 14.7. The van der Waals surface area contributed by atoms with Crippen molar-refractivity contribution in [3.05, 3.63) is 28.9 Å². The van der Waals surface area contributed by atoms with Gasteiger partial charge in [0.25, 0.3) is 4.84 Å². The maximum Gasteiger partial charge on any atom is 0.288 e. The van der Waals surface area contributed by atoms with Gasteiger partial charge in [-0.25, -0.2) is 9.07 Å². The molecule has 0 spiro atoms. The van der Waals surface area contributed by atoms with Gasteiger partial charge in [0.2, 0.25) is 5.89 Å². The van der Waals surface area contributed by atoms with Crippen LogP contribution in [-0.2, 0) is 6.67 Å². The van der Waals surface area contributed by atoms with Crippen molar-refractivity contribution < 1.29 is 13.5 Å². The van der Waals surface area contributed by atoms with E-state index in [0.717, 1.165) is 32.7 Å². The molecule has 0 unspecified atom stereocenters. The molecule has 1 aromatic heterocycles. The molecule has 1 aliphatic rings. The Morgan fingerprint density at radius 2 is 1.96 bits per heavy atom. The minimum atomic E-state index is -0.457. The van der Waals surface area contributed by atoms with Crippen LogP contribution in [0.5, 0.6) is 5.75 Å². The highest BCUT2D eigenvalue weighted by Gasteiger charge is 2.18. The molecule has 2 aromatic rings. The van der Waals surface area contributed by atoms with Crippen LogP contribution in [0.3, 0.4) is 0 Å². The molecule has 0 radical (unpaired) electrons. The summed E-state index contributed by atoms with van der Waals surface area (Å²) in [5, 5.41) is 4.39. The fraction of sp³-hybridized carbons (Fsp3) is 0.500. The Bertz CT molecular complexity index is 753. The molecule has 1 saturated heterocycles. The summed E-state index contributed by atoms with van der Waals surface area (Å²) in [7, 11) is 1.43. The molecule has 0 saturated carbocycles. The van der Waals surface area contributed by atoms with E-state index in [4.69, 9.17) is 21.4 Å². The first-order chi connectivity index (χ1) is 11.6. The van der Waals surface area contributed by atoms with Gasteiger partial charge in [-0.15, -0.1) is 5.10 Å². The lowest BCUT2D eigenvalue weighted by Crippen LogP contribution is -2.46.